The summed E-state index contributed by atoms with van der Waals surface area (Å²) in [4.78, 5) is 0. The Morgan fingerprint density at radius 2 is 1.76 bits per heavy atom. The van der Waals surface area contributed by atoms with Crippen molar-refractivity contribution in [1.29, 1.82) is 0 Å². The molecule has 1 aliphatic carbocycles. The molecule has 21 heavy (non-hydrogen) atoms. The van der Waals surface area contributed by atoms with Crippen molar-refractivity contribution < 1.29 is 26.3 Å². The molecule has 0 radical (unpaired) electrons. The van der Waals surface area contributed by atoms with Gasteiger partial charge in [-0.2, -0.15) is 0 Å². The minimum atomic E-state index is -2.83. The Hall–Kier alpha value is -1.66. The molecular formula is C14H11BF6. The zero-order valence-electron chi connectivity index (χ0n) is 11.3. The summed E-state index contributed by atoms with van der Waals surface area (Å²) in [6.45, 7) is 2.04. The highest BCUT2D eigenvalue weighted by Gasteiger charge is 2.42. The normalized spacial score (nSPS) is 25.9. The van der Waals surface area contributed by atoms with E-state index >= 15 is 0 Å². The summed E-state index contributed by atoms with van der Waals surface area (Å²) in [6, 6.07) is 2.12. The van der Waals surface area contributed by atoms with E-state index in [1.54, 1.807) is 0 Å². The molecule has 7 heteroatoms. The van der Waals surface area contributed by atoms with Crippen molar-refractivity contribution in [3.63, 3.8) is 0 Å². The summed E-state index contributed by atoms with van der Waals surface area (Å²) in [7, 11) is -0.829. The van der Waals surface area contributed by atoms with Gasteiger partial charge in [-0.05, 0) is 42.5 Å². The van der Waals surface area contributed by atoms with Crippen LogP contribution in [0.15, 0.2) is 35.3 Å². The van der Waals surface area contributed by atoms with Gasteiger partial charge in [0.15, 0.2) is 11.8 Å². The van der Waals surface area contributed by atoms with Crippen LogP contribution in [0.3, 0.4) is 0 Å². The van der Waals surface area contributed by atoms with E-state index < -0.39 is 53.3 Å². The van der Waals surface area contributed by atoms with Gasteiger partial charge in [0.1, 0.15) is 23.3 Å². The van der Waals surface area contributed by atoms with E-state index in [-0.39, 0.29) is 11.6 Å². The van der Waals surface area contributed by atoms with Gasteiger partial charge in [0.25, 0.3) is 0 Å². The molecule has 0 aliphatic heterocycles. The number of aryl methyl sites for hydroxylation is 1. The SMILES string of the molecule is Cc1ccc(F)c(BC2=C(F)C(F)C(C)(F)C=C2F)c1F. The van der Waals surface area contributed by atoms with E-state index in [4.69, 9.17) is 0 Å². The fourth-order valence-corrected chi connectivity index (χ4v) is 2.15. The van der Waals surface area contributed by atoms with Gasteiger partial charge in [-0.3, -0.25) is 0 Å². The average Bonchev–Trinajstić information content (AvgIpc) is 2.39. The predicted molar refractivity (Wildman–Crippen MR) is 69.6 cm³/mol. The van der Waals surface area contributed by atoms with Crippen molar-refractivity contribution in [1.82, 2.24) is 0 Å². The van der Waals surface area contributed by atoms with Gasteiger partial charge in [0.2, 0.25) is 7.28 Å². The molecule has 0 amide bonds. The minimum absolute atomic E-state index is 0.0831. The van der Waals surface area contributed by atoms with Crippen LogP contribution in [0.1, 0.15) is 12.5 Å². The summed E-state index contributed by atoms with van der Waals surface area (Å²) in [6.07, 6.45) is -2.43. The van der Waals surface area contributed by atoms with Gasteiger partial charge < -0.3 is 0 Å². The second-order valence-electron chi connectivity index (χ2n) is 5.17. The first-order valence-corrected chi connectivity index (χ1v) is 6.19. The number of halogens is 6. The van der Waals surface area contributed by atoms with Crippen LogP contribution in [-0.2, 0) is 0 Å². The molecule has 0 fully saturated rings. The van der Waals surface area contributed by atoms with Gasteiger partial charge in [-0.15, -0.1) is 0 Å². The molecule has 2 unspecified atom stereocenters. The molecule has 1 aromatic rings. The topological polar surface area (TPSA) is 0 Å². The zero-order valence-corrected chi connectivity index (χ0v) is 11.3. The minimum Gasteiger partial charge on any atom is -0.236 e. The maximum absolute atomic E-state index is 13.8. The molecule has 0 nitrogen and oxygen atoms in total. The van der Waals surface area contributed by atoms with Gasteiger partial charge in [-0.25, -0.2) is 26.3 Å². The molecule has 0 N–H and O–H groups in total. The predicted octanol–water partition coefficient (Wildman–Crippen LogP) is 3.45. The maximum Gasteiger partial charge on any atom is 0.207 e. The van der Waals surface area contributed by atoms with Crippen molar-refractivity contribution >= 4 is 12.7 Å². The lowest BCUT2D eigenvalue weighted by Crippen LogP contribution is -2.36. The molecule has 0 saturated carbocycles. The second kappa shape index (κ2) is 5.28. The van der Waals surface area contributed by atoms with Crippen LogP contribution in [0.4, 0.5) is 26.3 Å². The highest BCUT2D eigenvalue weighted by Crippen LogP contribution is 2.37. The van der Waals surface area contributed by atoms with Crippen LogP contribution in [0.25, 0.3) is 0 Å². The van der Waals surface area contributed by atoms with Crippen LogP contribution in [0, 0.1) is 18.6 Å². The Labute approximate surface area is 118 Å². The monoisotopic (exact) mass is 304 g/mol. The molecule has 112 valence electrons. The molecule has 1 aliphatic rings. The number of allylic oxidation sites excluding steroid dienone is 4. The molecule has 0 aromatic heterocycles. The van der Waals surface area contributed by atoms with Gasteiger partial charge in [0, 0.05) is 0 Å². The molecule has 0 bridgehead atoms. The number of hydrogen-bond acceptors (Lipinski definition) is 0. The van der Waals surface area contributed by atoms with Crippen LogP contribution in [0.2, 0.25) is 0 Å². The fraction of sp³-hybridized carbons (Fsp3) is 0.286. The Bertz CT molecular complexity index is 647. The van der Waals surface area contributed by atoms with Crippen molar-refractivity contribution in [2.24, 2.45) is 0 Å². The van der Waals surface area contributed by atoms with Crippen LogP contribution >= 0.6 is 0 Å². The Balaban J connectivity index is 2.48. The molecule has 1 aromatic carbocycles. The standard InChI is InChI=1S/C14H11BF6/c1-6-3-4-7(16)9(11(6)18)15-10-8(17)5-14(2,21)13(20)12(10)19/h3-5,13,15H,1-2H3. The summed E-state index contributed by atoms with van der Waals surface area (Å²) >= 11 is 0. The van der Waals surface area contributed by atoms with Gasteiger partial charge in [-0.1, -0.05) is 6.07 Å². The van der Waals surface area contributed by atoms with Crippen LogP contribution < -0.4 is 5.46 Å². The first-order valence-electron chi connectivity index (χ1n) is 6.19. The van der Waals surface area contributed by atoms with Gasteiger partial charge >= 0.3 is 0 Å². The number of rotatable bonds is 2. The summed E-state index contributed by atoms with van der Waals surface area (Å²) < 4.78 is 82.1. The number of hydrogen-bond donors (Lipinski definition) is 0. The first-order chi connectivity index (χ1) is 9.65. The Morgan fingerprint density at radius 3 is 2.38 bits per heavy atom. The molecule has 0 saturated heterocycles. The van der Waals surface area contributed by atoms with Crippen molar-refractivity contribution in [2.75, 3.05) is 0 Å². The van der Waals surface area contributed by atoms with Gasteiger partial charge in [0.05, 0.1) is 0 Å². The third-order valence-electron chi connectivity index (χ3n) is 3.44. The lowest BCUT2D eigenvalue weighted by Gasteiger charge is -2.26. The lowest BCUT2D eigenvalue weighted by atomic mass is 9.60. The zero-order chi connectivity index (χ0) is 15.9. The maximum atomic E-state index is 13.8. The highest BCUT2D eigenvalue weighted by atomic mass is 19.2. The van der Waals surface area contributed by atoms with E-state index in [1.165, 1.54) is 13.0 Å². The van der Waals surface area contributed by atoms with E-state index in [2.05, 4.69) is 0 Å². The highest BCUT2D eigenvalue weighted by molar-refractivity contribution is 6.62. The average molecular weight is 304 g/mol. The second-order valence-corrected chi connectivity index (χ2v) is 5.17. The van der Waals surface area contributed by atoms with E-state index in [0.29, 0.717) is 6.92 Å². The van der Waals surface area contributed by atoms with Crippen LogP contribution in [0.5, 0.6) is 0 Å². The summed E-state index contributed by atoms with van der Waals surface area (Å²) in [5, 5.41) is 0. The molecular weight excluding hydrogens is 293 g/mol. The fourth-order valence-electron chi connectivity index (χ4n) is 2.15. The summed E-state index contributed by atoms with van der Waals surface area (Å²) in [5.41, 5.74) is -4.21. The lowest BCUT2D eigenvalue weighted by molar-refractivity contribution is 0.114. The van der Waals surface area contributed by atoms with E-state index in [1.807, 2.05) is 0 Å². The van der Waals surface area contributed by atoms with E-state index in [0.717, 1.165) is 6.07 Å². The third kappa shape index (κ3) is 2.73. The molecule has 0 heterocycles. The number of alkyl halides is 2. The Kier molecular flexibility index (Phi) is 3.95. The first kappa shape index (κ1) is 15.7. The third-order valence-corrected chi connectivity index (χ3v) is 3.44. The smallest absolute Gasteiger partial charge is 0.207 e. The van der Waals surface area contributed by atoms with Crippen molar-refractivity contribution in [3.8, 4) is 0 Å². The molecule has 0 spiro atoms. The quantitative estimate of drug-likeness (QED) is 0.580. The summed E-state index contributed by atoms with van der Waals surface area (Å²) in [5.74, 6) is -5.01. The largest absolute Gasteiger partial charge is 0.236 e. The van der Waals surface area contributed by atoms with E-state index in [9.17, 15) is 26.3 Å². The van der Waals surface area contributed by atoms with Crippen LogP contribution in [-0.4, -0.2) is 19.1 Å². The van der Waals surface area contributed by atoms with Crippen molar-refractivity contribution in [2.45, 2.75) is 25.7 Å². The van der Waals surface area contributed by atoms with Crippen molar-refractivity contribution in [3.05, 3.63) is 52.5 Å². The molecule has 2 atom stereocenters. The molecule has 2 rings (SSSR count). The Morgan fingerprint density at radius 1 is 1.14 bits per heavy atom. The number of benzene rings is 1.